The van der Waals surface area contributed by atoms with Crippen molar-refractivity contribution in [2.45, 2.75) is 37.8 Å². The SMILES string of the molecule is CN(C(=O)NC(CCc1ccccc1)C(=O)O)C1CC1. The summed E-state index contributed by atoms with van der Waals surface area (Å²) < 4.78 is 0. The normalized spacial score (nSPS) is 15.4. The number of benzene rings is 1. The van der Waals surface area contributed by atoms with Crippen LogP contribution in [0.5, 0.6) is 0 Å². The molecule has 1 unspecified atom stereocenters. The van der Waals surface area contributed by atoms with E-state index in [-0.39, 0.29) is 12.1 Å². The van der Waals surface area contributed by atoms with E-state index in [1.165, 1.54) is 0 Å². The Morgan fingerprint density at radius 2 is 2.00 bits per heavy atom. The molecule has 0 bridgehead atoms. The molecule has 5 nitrogen and oxygen atoms in total. The van der Waals surface area contributed by atoms with Crippen molar-refractivity contribution in [2.75, 3.05) is 7.05 Å². The number of amides is 2. The predicted octanol–water partition coefficient (Wildman–Crippen LogP) is 1.88. The molecule has 1 aliphatic rings. The molecule has 1 aromatic carbocycles. The van der Waals surface area contributed by atoms with Gasteiger partial charge >= 0.3 is 12.0 Å². The van der Waals surface area contributed by atoms with E-state index in [0.717, 1.165) is 18.4 Å². The lowest BCUT2D eigenvalue weighted by Gasteiger charge is -2.21. The molecule has 1 saturated carbocycles. The number of aryl methyl sites for hydroxylation is 1. The number of nitrogens with zero attached hydrogens (tertiary/aromatic N) is 1. The molecule has 2 rings (SSSR count). The topological polar surface area (TPSA) is 69.6 Å². The lowest BCUT2D eigenvalue weighted by atomic mass is 10.1. The average Bonchev–Trinajstić information content (AvgIpc) is 3.27. The monoisotopic (exact) mass is 276 g/mol. The smallest absolute Gasteiger partial charge is 0.326 e. The van der Waals surface area contributed by atoms with Crippen LogP contribution < -0.4 is 5.32 Å². The number of hydrogen-bond donors (Lipinski definition) is 2. The maximum atomic E-state index is 11.9. The predicted molar refractivity (Wildman–Crippen MR) is 75.5 cm³/mol. The molecule has 2 N–H and O–H groups in total. The van der Waals surface area contributed by atoms with E-state index in [1.807, 2.05) is 30.3 Å². The standard InChI is InChI=1S/C15H20N2O3/c1-17(12-8-9-12)15(20)16-13(14(18)19)10-7-11-5-3-2-4-6-11/h2-6,12-13H,7-10H2,1H3,(H,16,20)(H,18,19). The van der Waals surface area contributed by atoms with Gasteiger partial charge in [0.05, 0.1) is 0 Å². The number of rotatable bonds is 6. The van der Waals surface area contributed by atoms with Crippen molar-refractivity contribution in [3.63, 3.8) is 0 Å². The fourth-order valence-electron chi connectivity index (χ4n) is 2.09. The van der Waals surface area contributed by atoms with Crippen molar-refractivity contribution in [2.24, 2.45) is 0 Å². The summed E-state index contributed by atoms with van der Waals surface area (Å²) >= 11 is 0. The average molecular weight is 276 g/mol. The molecule has 1 atom stereocenters. The third kappa shape index (κ3) is 3.98. The first kappa shape index (κ1) is 14.4. The van der Waals surface area contributed by atoms with Crippen LogP contribution in [-0.2, 0) is 11.2 Å². The minimum Gasteiger partial charge on any atom is -0.480 e. The van der Waals surface area contributed by atoms with Crippen LogP contribution in [0, 0.1) is 0 Å². The van der Waals surface area contributed by atoms with E-state index in [9.17, 15) is 14.7 Å². The molecule has 0 saturated heterocycles. The number of urea groups is 1. The van der Waals surface area contributed by atoms with Crippen molar-refractivity contribution < 1.29 is 14.7 Å². The lowest BCUT2D eigenvalue weighted by Crippen LogP contribution is -2.47. The van der Waals surface area contributed by atoms with Crippen molar-refractivity contribution in [1.82, 2.24) is 10.2 Å². The molecule has 0 spiro atoms. The summed E-state index contributed by atoms with van der Waals surface area (Å²) in [5, 5.41) is 11.8. The fraction of sp³-hybridized carbons (Fsp3) is 0.467. The van der Waals surface area contributed by atoms with Gasteiger partial charge in [-0.05, 0) is 31.2 Å². The van der Waals surface area contributed by atoms with Gasteiger partial charge in [0, 0.05) is 13.1 Å². The van der Waals surface area contributed by atoms with E-state index in [4.69, 9.17) is 0 Å². The number of carbonyl (C=O) groups is 2. The van der Waals surface area contributed by atoms with Gasteiger partial charge in [0.25, 0.3) is 0 Å². The molecular weight excluding hydrogens is 256 g/mol. The van der Waals surface area contributed by atoms with Crippen molar-refractivity contribution in [3.05, 3.63) is 35.9 Å². The van der Waals surface area contributed by atoms with Crippen LogP contribution in [0.3, 0.4) is 0 Å². The van der Waals surface area contributed by atoms with E-state index in [2.05, 4.69) is 5.32 Å². The maximum Gasteiger partial charge on any atom is 0.326 e. The van der Waals surface area contributed by atoms with Crippen molar-refractivity contribution >= 4 is 12.0 Å². The first-order valence-electron chi connectivity index (χ1n) is 6.88. The van der Waals surface area contributed by atoms with Crippen molar-refractivity contribution in [3.8, 4) is 0 Å². The van der Waals surface area contributed by atoms with Gasteiger partial charge in [0.1, 0.15) is 6.04 Å². The molecule has 1 aromatic rings. The highest BCUT2D eigenvalue weighted by atomic mass is 16.4. The van der Waals surface area contributed by atoms with Crippen molar-refractivity contribution in [1.29, 1.82) is 0 Å². The highest BCUT2D eigenvalue weighted by molar-refractivity contribution is 5.82. The number of nitrogens with one attached hydrogen (secondary N) is 1. The number of carbonyl (C=O) groups excluding carboxylic acids is 1. The number of aliphatic carboxylic acids is 1. The Balaban J connectivity index is 1.86. The highest BCUT2D eigenvalue weighted by Crippen LogP contribution is 2.25. The van der Waals surface area contributed by atoms with Gasteiger partial charge in [-0.3, -0.25) is 0 Å². The molecule has 0 aromatic heterocycles. The van der Waals surface area contributed by atoms with E-state index >= 15 is 0 Å². The molecule has 1 fully saturated rings. The second-order valence-corrected chi connectivity index (χ2v) is 5.21. The Morgan fingerprint density at radius 3 is 2.55 bits per heavy atom. The van der Waals surface area contributed by atoms with Crippen LogP contribution in [0.2, 0.25) is 0 Å². The third-order valence-corrected chi connectivity index (χ3v) is 3.58. The van der Waals surface area contributed by atoms with Crippen LogP contribution in [0.1, 0.15) is 24.8 Å². The van der Waals surface area contributed by atoms with Crippen LogP contribution in [-0.4, -0.2) is 41.1 Å². The quantitative estimate of drug-likeness (QED) is 0.833. The van der Waals surface area contributed by atoms with Crippen LogP contribution in [0.15, 0.2) is 30.3 Å². The Bertz CT molecular complexity index is 471. The van der Waals surface area contributed by atoms with Crippen LogP contribution in [0.25, 0.3) is 0 Å². The van der Waals surface area contributed by atoms with Gasteiger partial charge in [-0.15, -0.1) is 0 Å². The molecular formula is C15H20N2O3. The lowest BCUT2D eigenvalue weighted by molar-refractivity contribution is -0.139. The Kier molecular flexibility index (Phi) is 4.61. The zero-order valence-electron chi connectivity index (χ0n) is 11.6. The summed E-state index contributed by atoms with van der Waals surface area (Å²) in [6, 6.07) is 8.81. The summed E-state index contributed by atoms with van der Waals surface area (Å²) in [6.07, 6.45) is 3.03. The Hall–Kier alpha value is -2.04. The molecule has 0 aliphatic heterocycles. The molecule has 0 heterocycles. The zero-order valence-corrected chi connectivity index (χ0v) is 11.6. The van der Waals surface area contributed by atoms with E-state index in [1.54, 1.807) is 11.9 Å². The first-order chi connectivity index (χ1) is 9.58. The van der Waals surface area contributed by atoms with Crippen LogP contribution >= 0.6 is 0 Å². The van der Waals surface area contributed by atoms with Gasteiger partial charge in [0.2, 0.25) is 0 Å². The van der Waals surface area contributed by atoms with Gasteiger partial charge in [-0.2, -0.15) is 0 Å². The number of hydrogen-bond acceptors (Lipinski definition) is 2. The maximum absolute atomic E-state index is 11.9. The number of carboxylic acid groups (broad SMARTS) is 1. The minimum atomic E-state index is -0.988. The fourth-order valence-corrected chi connectivity index (χ4v) is 2.09. The van der Waals surface area contributed by atoms with Crippen LogP contribution in [0.4, 0.5) is 4.79 Å². The largest absolute Gasteiger partial charge is 0.480 e. The second kappa shape index (κ2) is 6.41. The first-order valence-corrected chi connectivity index (χ1v) is 6.88. The molecule has 108 valence electrons. The Labute approximate surface area is 118 Å². The summed E-state index contributed by atoms with van der Waals surface area (Å²) in [5.41, 5.74) is 1.07. The third-order valence-electron chi connectivity index (χ3n) is 3.58. The number of carboxylic acids is 1. The van der Waals surface area contributed by atoms with Gasteiger partial charge < -0.3 is 15.3 Å². The van der Waals surface area contributed by atoms with E-state index < -0.39 is 12.0 Å². The summed E-state index contributed by atoms with van der Waals surface area (Å²) in [6.45, 7) is 0. The Morgan fingerprint density at radius 1 is 1.35 bits per heavy atom. The summed E-state index contributed by atoms with van der Waals surface area (Å²) in [7, 11) is 1.71. The van der Waals surface area contributed by atoms with Gasteiger partial charge in [0.15, 0.2) is 0 Å². The molecule has 20 heavy (non-hydrogen) atoms. The van der Waals surface area contributed by atoms with Gasteiger partial charge in [-0.25, -0.2) is 9.59 Å². The minimum absolute atomic E-state index is 0.276. The van der Waals surface area contributed by atoms with E-state index in [0.29, 0.717) is 12.8 Å². The molecule has 0 radical (unpaired) electrons. The molecule has 5 heteroatoms. The summed E-state index contributed by atoms with van der Waals surface area (Å²) in [5.74, 6) is -0.988. The molecule has 2 amide bonds. The summed E-state index contributed by atoms with van der Waals surface area (Å²) in [4.78, 5) is 24.7. The zero-order chi connectivity index (χ0) is 14.5. The highest BCUT2D eigenvalue weighted by Gasteiger charge is 2.31. The molecule has 1 aliphatic carbocycles. The van der Waals surface area contributed by atoms with Gasteiger partial charge in [-0.1, -0.05) is 30.3 Å². The second-order valence-electron chi connectivity index (χ2n) is 5.21.